The number of anilines is 2. The fourth-order valence-electron chi connectivity index (χ4n) is 1.65. The van der Waals surface area contributed by atoms with E-state index in [1.807, 2.05) is 18.2 Å². The summed E-state index contributed by atoms with van der Waals surface area (Å²) in [6.45, 7) is 0.873. The Hall–Kier alpha value is -1.68. The first-order chi connectivity index (χ1) is 8.31. The lowest BCUT2D eigenvalue weighted by Crippen LogP contribution is -2.06. The van der Waals surface area contributed by atoms with Gasteiger partial charge in [-0.3, -0.25) is 0 Å². The molecule has 0 radical (unpaired) electrons. The Morgan fingerprint density at radius 2 is 2.18 bits per heavy atom. The second-order valence-electron chi connectivity index (χ2n) is 3.68. The van der Waals surface area contributed by atoms with Gasteiger partial charge >= 0.3 is 0 Å². The van der Waals surface area contributed by atoms with Gasteiger partial charge in [-0.1, -0.05) is 12.1 Å². The fourth-order valence-corrected chi connectivity index (χ4v) is 2.36. The quantitative estimate of drug-likeness (QED) is 0.800. The molecule has 0 saturated heterocycles. The van der Waals surface area contributed by atoms with E-state index in [-0.39, 0.29) is 0 Å². The maximum absolute atomic E-state index is 5.97. The van der Waals surface area contributed by atoms with Crippen molar-refractivity contribution >= 4 is 22.7 Å². The number of rotatable bonds is 5. The topological polar surface area (TPSA) is 47.3 Å². The highest BCUT2D eigenvalue weighted by Gasteiger charge is 2.04. The molecule has 1 aromatic heterocycles. The Kier molecular flexibility index (Phi) is 3.88. The summed E-state index contributed by atoms with van der Waals surface area (Å²) in [4.78, 5) is 1.37. The number of hydrogen-bond donors (Lipinski definition) is 2. The molecule has 2 rings (SSSR count). The molecule has 0 atom stereocenters. The van der Waals surface area contributed by atoms with Crippen LogP contribution in [0.15, 0.2) is 35.7 Å². The highest BCUT2D eigenvalue weighted by molar-refractivity contribution is 7.09. The molecule has 0 fully saturated rings. The number of para-hydroxylation sites is 1. The third-order valence-corrected chi connectivity index (χ3v) is 3.49. The van der Waals surface area contributed by atoms with Crippen LogP contribution in [0.4, 0.5) is 11.4 Å². The van der Waals surface area contributed by atoms with Crippen molar-refractivity contribution in [1.29, 1.82) is 0 Å². The minimum absolute atomic E-state index is 0.668. The molecule has 2 aromatic rings. The van der Waals surface area contributed by atoms with Crippen LogP contribution in [0, 0.1) is 0 Å². The highest BCUT2D eigenvalue weighted by Crippen LogP contribution is 2.28. The van der Waals surface area contributed by atoms with Crippen LogP contribution >= 0.6 is 11.3 Å². The van der Waals surface area contributed by atoms with Crippen LogP contribution in [0.3, 0.4) is 0 Å². The zero-order chi connectivity index (χ0) is 12.1. The van der Waals surface area contributed by atoms with E-state index in [9.17, 15) is 0 Å². The molecule has 0 saturated carbocycles. The molecule has 3 N–H and O–H groups in total. The summed E-state index contributed by atoms with van der Waals surface area (Å²) in [5, 5.41) is 5.42. The van der Waals surface area contributed by atoms with E-state index >= 15 is 0 Å². The second-order valence-corrected chi connectivity index (χ2v) is 4.71. The molecule has 0 aliphatic heterocycles. The van der Waals surface area contributed by atoms with Gasteiger partial charge in [0.2, 0.25) is 0 Å². The Morgan fingerprint density at radius 3 is 2.88 bits per heavy atom. The van der Waals surface area contributed by atoms with Crippen LogP contribution in [0.25, 0.3) is 0 Å². The predicted octanol–water partition coefficient (Wildman–Crippen LogP) is 2.99. The molecule has 0 amide bonds. The summed E-state index contributed by atoms with van der Waals surface area (Å²) >= 11 is 1.77. The van der Waals surface area contributed by atoms with Crippen molar-refractivity contribution in [2.45, 2.75) is 6.42 Å². The number of thiophene rings is 1. The number of benzene rings is 1. The largest absolute Gasteiger partial charge is 0.495 e. The fraction of sp³-hybridized carbons (Fsp3) is 0.231. The molecule has 1 heterocycles. The number of methoxy groups -OCH3 is 1. The van der Waals surface area contributed by atoms with Crippen LogP contribution in [0.1, 0.15) is 4.88 Å². The predicted molar refractivity (Wildman–Crippen MR) is 73.9 cm³/mol. The molecule has 0 bridgehead atoms. The lowest BCUT2D eigenvalue weighted by molar-refractivity contribution is 0.417. The second kappa shape index (κ2) is 5.59. The van der Waals surface area contributed by atoms with Gasteiger partial charge < -0.3 is 15.8 Å². The zero-order valence-electron chi connectivity index (χ0n) is 9.77. The highest BCUT2D eigenvalue weighted by atomic mass is 32.1. The molecular weight excluding hydrogens is 232 g/mol. The van der Waals surface area contributed by atoms with Crippen molar-refractivity contribution in [3.63, 3.8) is 0 Å². The standard InChI is InChI=1S/C13H16N2OS/c1-16-12-6-2-5-11(13(12)14)15-8-7-10-4-3-9-17-10/h2-6,9,15H,7-8,14H2,1H3. The number of nitrogens with two attached hydrogens (primary N) is 1. The first kappa shape index (κ1) is 11.8. The van der Waals surface area contributed by atoms with Crippen molar-refractivity contribution in [2.24, 2.45) is 0 Å². The summed E-state index contributed by atoms with van der Waals surface area (Å²) in [5.74, 6) is 0.714. The van der Waals surface area contributed by atoms with Crippen molar-refractivity contribution < 1.29 is 4.74 Å². The molecule has 0 spiro atoms. The first-order valence-electron chi connectivity index (χ1n) is 5.50. The van der Waals surface area contributed by atoms with E-state index in [0.717, 1.165) is 18.7 Å². The minimum atomic E-state index is 0.668. The zero-order valence-corrected chi connectivity index (χ0v) is 10.6. The summed E-state index contributed by atoms with van der Waals surface area (Å²) in [6.07, 6.45) is 1.01. The Bertz CT molecular complexity index is 468. The number of ether oxygens (including phenoxy) is 1. The van der Waals surface area contributed by atoms with Gasteiger partial charge in [0, 0.05) is 11.4 Å². The maximum atomic E-state index is 5.97. The van der Waals surface area contributed by atoms with E-state index in [1.165, 1.54) is 4.88 Å². The van der Waals surface area contributed by atoms with Gasteiger partial charge in [-0.25, -0.2) is 0 Å². The molecule has 1 aromatic carbocycles. The van der Waals surface area contributed by atoms with Crippen molar-refractivity contribution in [2.75, 3.05) is 24.7 Å². The normalized spacial score (nSPS) is 10.2. The van der Waals surface area contributed by atoms with Gasteiger partial charge in [0.05, 0.1) is 18.5 Å². The summed E-state index contributed by atoms with van der Waals surface area (Å²) in [7, 11) is 1.63. The van der Waals surface area contributed by atoms with Crippen LogP contribution in [-0.2, 0) is 6.42 Å². The van der Waals surface area contributed by atoms with E-state index in [0.29, 0.717) is 11.4 Å². The lowest BCUT2D eigenvalue weighted by atomic mass is 10.2. The Labute approximate surface area is 105 Å². The Morgan fingerprint density at radius 1 is 1.29 bits per heavy atom. The average molecular weight is 248 g/mol. The summed E-state index contributed by atoms with van der Waals surface area (Å²) < 4.78 is 5.17. The van der Waals surface area contributed by atoms with Gasteiger partial charge in [-0.2, -0.15) is 0 Å². The van der Waals surface area contributed by atoms with Gasteiger partial charge in [0.1, 0.15) is 5.75 Å². The molecule has 3 nitrogen and oxygen atoms in total. The first-order valence-corrected chi connectivity index (χ1v) is 6.38. The Balaban J connectivity index is 1.95. The molecular formula is C13H16N2OS. The van der Waals surface area contributed by atoms with Gasteiger partial charge in [0.25, 0.3) is 0 Å². The minimum Gasteiger partial charge on any atom is -0.495 e. The molecule has 0 aliphatic rings. The summed E-state index contributed by atoms with van der Waals surface area (Å²) in [6, 6.07) is 9.97. The van der Waals surface area contributed by atoms with E-state index in [4.69, 9.17) is 10.5 Å². The third-order valence-electron chi connectivity index (χ3n) is 2.55. The van der Waals surface area contributed by atoms with Gasteiger partial charge in [-0.05, 0) is 30.0 Å². The lowest BCUT2D eigenvalue weighted by Gasteiger charge is -2.11. The smallest absolute Gasteiger partial charge is 0.143 e. The van der Waals surface area contributed by atoms with Gasteiger partial charge in [-0.15, -0.1) is 11.3 Å². The monoisotopic (exact) mass is 248 g/mol. The van der Waals surface area contributed by atoms with E-state index in [1.54, 1.807) is 18.4 Å². The van der Waals surface area contributed by atoms with Crippen molar-refractivity contribution in [3.05, 3.63) is 40.6 Å². The molecule has 90 valence electrons. The molecule has 17 heavy (non-hydrogen) atoms. The number of hydrogen-bond acceptors (Lipinski definition) is 4. The van der Waals surface area contributed by atoms with Gasteiger partial charge in [0.15, 0.2) is 0 Å². The van der Waals surface area contributed by atoms with Crippen LogP contribution < -0.4 is 15.8 Å². The van der Waals surface area contributed by atoms with Crippen molar-refractivity contribution in [1.82, 2.24) is 0 Å². The molecule has 0 unspecified atom stereocenters. The number of nitrogens with one attached hydrogen (secondary N) is 1. The maximum Gasteiger partial charge on any atom is 0.143 e. The average Bonchev–Trinajstić information content (AvgIpc) is 2.84. The number of nitrogen functional groups attached to an aromatic ring is 1. The van der Waals surface area contributed by atoms with E-state index < -0.39 is 0 Å². The van der Waals surface area contributed by atoms with E-state index in [2.05, 4.69) is 22.8 Å². The van der Waals surface area contributed by atoms with Crippen LogP contribution in [0.2, 0.25) is 0 Å². The summed E-state index contributed by atoms with van der Waals surface area (Å²) in [5.41, 5.74) is 7.57. The SMILES string of the molecule is COc1cccc(NCCc2cccs2)c1N. The van der Waals surface area contributed by atoms with Crippen molar-refractivity contribution in [3.8, 4) is 5.75 Å². The molecule has 0 aliphatic carbocycles. The third kappa shape index (κ3) is 2.91. The van der Waals surface area contributed by atoms with Crippen LogP contribution in [-0.4, -0.2) is 13.7 Å². The van der Waals surface area contributed by atoms with Crippen LogP contribution in [0.5, 0.6) is 5.75 Å². The molecule has 4 heteroatoms.